The summed E-state index contributed by atoms with van der Waals surface area (Å²) in [5.41, 5.74) is -3.92. The molecule has 0 radical (unpaired) electrons. The van der Waals surface area contributed by atoms with Gasteiger partial charge in [-0.05, 0) is 0 Å². The molecule has 0 N–H and O–H groups in total. The second-order valence-electron chi connectivity index (χ2n) is 3.41. The lowest BCUT2D eigenvalue weighted by Gasteiger charge is -2.03. The van der Waals surface area contributed by atoms with Gasteiger partial charge in [-0.2, -0.15) is 21.0 Å². The smallest absolute Gasteiger partial charge is 0.184 e. The van der Waals surface area contributed by atoms with Crippen molar-refractivity contribution in [1.82, 2.24) is 0 Å². The second-order valence-corrected chi connectivity index (χ2v) is 3.97. The van der Waals surface area contributed by atoms with Gasteiger partial charge in [0.1, 0.15) is 0 Å². The van der Waals surface area contributed by atoms with E-state index in [2.05, 4.69) is 15.9 Å². The van der Waals surface area contributed by atoms with Crippen LogP contribution in [0.15, 0.2) is 0 Å². The molecule has 14 heavy (non-hydrogen) atoms. The fraction of sp³-hybridized carbons (Fsp3) is 0.556. The van der Waals surface area contributed by atoms with E-state index in [1.54, 1.807) is 31.2 Å². The van der Waals surface area contributed by atoms with Crippen molar-refractivity contribution in [2.24, 2.45) is 16.2 Å². The van der Waals surface area contributed by atoms with Crippen LogP contribution in [0.4, 0.5) is 0 Å². The molecular formula is C9H5BrN4. The van der Waals surface area contributed by atoms with E-state index in [1.807, 2.05) is 0 Å². The highest BCUT2D eigenvalue weighted by Crippen LogP contribution is 2.77. The Kier molecular flexibility index (Phi) is 2.04. The summed E-state index contributed by atoms with van der Waals surface area (Å²) in [5, 5.41) is 36.0. The van der Waals surface area contributed by atoms with Crippen molar-refractivity contribution >= 4 is 15.9 Å². The van der Waals surface area contributed by atoms with Crippen LogP contribution in [0.5, 0.6) is 0 Å². The van der Waals surface area contributed by atoms with Crippen LogP contribution in [0.3, 0.4) is 0 Å². The normalized spacial score (nSPS) is 23.3. The van der Waals surface area contributed by atoms with Crippen LogP contribution in [0.25, 0.3) is 0 Å². The third-order valence-electron chi connectivity index (χ3n) is 3.09. The minimum atomic E-state index is -1.51. The molecule has 0 bridgehead atoms. The van der Waals surface area contributed by atoms with E-state index in [1.165, 1.54) is 0 Å². The molecule has 0 aromatic carbocycles. The first-order valence-electron chi connectivity index (χ1n) is 3.77. The minimum absolute atomic E-state index is 0.280. The number of hydrogen-bond donors (Lipinski definition) is 0. The third kappa shape index (κ3) is 0.630. The van der Waals surface area contributed by atoms with Crippen LogP contribution in [0.2, 0.25) is 0 Å². The van der Waals surface area contributed by atoms with E-state index in [9.17, 15) is 0 Å². The zero-order valence-corrected chi connectivity index (χ0v) is 8.96. The molecule has 1 aliphatic rings. The molecule has 1 aliphatic carbocycles. The molecule has 1 fully saturated rings. The van der Waals surface area contributed by atoms with Crippen LogP contribution in [0.1, 0.15) is 6.92 Å². The van der Waals surface area contributed by atoms with Crippen molar-refractivity contribution in [3.63, 3.8) is 0 Å². The van der Waals surface area contributed by atoms with Gasteiger partial charge >= 0.3 is 0 Å². The summed E-state index contributed by atoms with van der Waals surface area (Å²) in [6, 6.07) is 7.20. The quantitative estimate of drug-likeness (QED) is 0.657. The summed E-state index contributed by atoms with van der Waals surface area (Å²) in [7, 11) is 0. The molecule has 0 spiro atoms. The maximum atomic E-state index is 8.93. The monoisotopic (exact) mass is 248 g/mol. The predicted octanol–water partition coefficient (Wildman–Crippen LogP) is 1.47. The Bertz CT molecular complexity index is 373. The summed E-state index contributed by atoms with van der Waals surface area (Å²) in [5.74, 6) is 0. The Balaban J connectivity index is 3.46. The lowest BCUT2D eigenvalue weighted by molar-refractivity contribution is 0.548. The molecule has 68 valence electrons. The predicted molar refractivity (Wildman–Crippen MR) is 49.2 cm³/mol. The SMILES string of the molecule is CC1(CBr)C(C#N)(C#N)C1(C#N)C#N. The standard InChI is InChI=1S/C9H5BrN4/c1-7(2-10)8(3-11,4-12)9(7,5-13)6-14/h2H2,1H3. The van der Waals surface area contributed by atoms with E-state index in [4.69, 9.17) is 21.0 Å². The molecule has 0 heterocycles. The summed E-state index contributed by atoms with van der Waals surface area (Å²) < 4.78 is 0. The van der Waals surface area contributed by atoms with Crippen LogP contribution < -0.4 is 0 Å². The van der Waals surface area contributed by atoms with E-state index in [0.717, 1.165) is 0 Å². The van der Waals surface area contributed by atoms with Gasteiger partial charge in [-0.3, -0.25) is 0 Å². The first-order valence-corrected chi connectivity index (χ1v) is 4.89. The fourth-order valence-corrected chi connectivity index (χ4v) is 2.70. The van der Waals surface area contributed by atoms with Crippen molar-refractivity contribution < 1.29 is 0 Å². The lowest BCUT2D eigenvalue weighted by atomic mass is 9.98. The van der Waals surface area contributed by atoms with Crippen LogP contribution in [-0.4, -0.2) is 5.33 Å². The van der Waals surface area contributed by atoms with Crippen molar-refractivity contribution in [3.8, 4) is 24.3 Å². The van der Waals surface area contributed by atoms with Gasteiger partial charge in [-0.25, -0.2) is 0 Å². The number of rotatable bonds is 1. The molecule has 1 saturated carbocycles. The highest BCUT2D eigenvalue weighted by atomic mass is 79.9. The van der Waals surface area contributed by atoms with Gasteiger partial charge in [0, 0.05) is 10.7 Å². The molecule has 5 heteroatoms. The topological polar surface area (TPSA) is 95.2 Å². The second kappa shape index (κ2) is 2.71. The van der Waals surface area contributed by atoms with E-state index >= 15 is 0 Å². The summed E-state index contributed by atoms with van der Waals surface area (Å²) in [6.45, 7) is 1.60. The number of nitrogens with zero attached hydrogens (tertiary/aromatic N) is 4. The zero-order valence-electron chi connectivity index (χ0n) is 7.37. The maximum Gasteiger partial charge on any atom is 0.184 e. The molecule has 1 rings (SSSR count). The summed E-state index contributed by atoms with van der Waals surface area (Å²) >= 11 is 3.14. The van der Waals surface area contributed by atoms with Gasteiger partial charge in [0.15, 0.2) is 10.8 Å². The first kappa shape index (κ1) is 10.5. The van der Waals surface area contributed by atoms with Crippen molar-refractivity contribution in [2.45, 2.75) is 6.92 Å². The number of nitriles is 4. The molecule has 0 saturated heterocycles. The molecule has 0 unspecified atom stereocenters. The molecule has 0 aromatic heterocycles. The number of alkyl halides is 1. The van der Waals surface area contributed by atoms with Crippen LogP contribution >= 0.6 is 15.9 Å². The van der Waals surface area contributed by atoms with E-state index in [-0.39, 0.29) is 5.33 Å². The van der Waals surface area contributed by atoms with Gasteiger partial charge in [-0.15, -0.1) is 0 Å². The van der Waals surface area contributed by atoms with Crippen molar-refractivity contribution in [2.75, 3.05) is 5.33 Å². The van der Waals surface area contributed by atoms with Crippen molar-refractivity contribution in [1.29, 1.82) is 21.0 Å². The third-order valence-corrected chi connectivity index (χ3v) is 4.21. The van der Waals surface area contributed by atoms with Gasteiger partial charge in [-0.1, -0.05) is 22.9 Å². The average Bonchev–Trinajstić information content (AvgIpc) is 2.73. The van der Waals surface area contributed by atoms with Gasteiger partial charge < -0.3 is 0 Å². The zero-order chi connectivity index (χ0) is 11.0. The largest absolute Gasteiger partial charge is 0.196 e. The van der Waals surface area contributed by atoms with Crippen LogP contribution in [0, 0.1) is 61.6 Å². The Morgan fingerprint density at radius 2 is 1.21 bits per heavy atom. The Labute approximate surface area is 90.1 Å². The molecule has 0 atom stereocenters. The van der Waals surface area contributed by atoms with Gasteiger partial charge in [0.05, 0.1) is 24.3 Å². The van der Waals surface area contributed by atoms with E-state index in [0.29, 0.717) is 0 Å². The van der Waals surface area contributed by atoms with Gasteiger partial charge in [0.2, 0.25) is 0 Å². The first-order chi connectivity index (χ1) is 6.55. The van der Waals surface area contributed by atoms with Crippen molar-refractivity contribution in [3.05, 3.63) is 0 Å². The molecular weight excluding hydrogens is 244 g/mol. The lowest BCUT2D eigenvalue weighted by Crippen LogP contribution is -2.08. The number of hydrogen-bond acceptors (Lipinski definition) is 4. The molecule has 4 nitrogen and oxygen atoms in total. The Hall–Kier alpha value is -1.56. The number of halogens is 1. The fourth-order valence-electron chi connectivity index (χ4n) is 1.86. The Morgan fingerprint density at radius 1 is 0.929 bits per heavy atom. The highest BCUT2D eigenvalue weighted by molar-refractivity contribution is 9.09. The maximum absolute atomic E-state index is 8.93. The van der Waals surface area contributed by atoms with E-state index < -0.39 is 16.2 Å². The Morgan fingerprint density at radius 3 is 1.29 bits per heavy atom. The molecule has 0 aliphatic heterocycles. The average molecular weight is 249 g/mol. The highest BCUT2D eigenvalue weighted by Gasteiger charge is 2.89. The molecule has 0 amide bonds. The summed E-state index contributed by atoms with van der Waals surface area (Å²) in [4.78, 5) is 0. The summed E-state index contributed by atoms with van der Waals surface area (Å²) in [6.07, 6.45) is 0. The van der Waals surface area contributed by atoms with Crippen LogP contribution in [-0.2, 0) is 0 Å². The minimum Gasteiger partial charge on any atom is -0.196 e. The molecule has 0 aromatic rings. The van der Waals surface area contributed by atoms with Gasteiger partial charge in [0.25, 0.3) is 0 Å².